The number of likely N-dealkylation sites (N-methyl/N-ethyl adjacent to an activating group) is 1. The third-order valence-corrected chi connectivity index (χ3v) is 6.54. The van der Waals surface area contributed by atoms with Crippen molar-refractivity contribution in [2.24, 2.45) is 5.73 Å². The number of amides is 2. The molecule has 1 aromatic rings. The van der Waals surface area contributed by atoms with Gasteiger partial charge in [0.15, 0.2) is 0 Å². The molecule has 0 bridgehead atoms. The molecular formula is C20H27N3O3. The Morgan fingerprint density at radius 1 is 1.19 bits per heavy atom. The van der Waals surface area contributed by atoms with Crippen molar-refractivity contribution >= 4 is 11.8 Å². The molecule has 2 N–H and O–H groups in total. The normalized spacial score (nSPS) is 31.0. The first-order valence-electron chi connectivity index (χ1n) is 9.49. The summed E-state index contributed by atoms with van der Waals surface area (Å²) in [6.07, 6.45) is 3.97. The maximum atomic E-state index is 13.0. The van der Waals surface area contributed by atoms with Crippen LogP contribution in [0.3, 0.4) is 0 Å². The zero-order chi connectivity index (χ0) is 18.4. The van der Waals surface area contributed by atoms with Gasteiger partial charge in [0.05, 0.1) is 11.1 Å². The highest BCUT2D eigenvalue weighted by Crippen LogP contribution is 2.43. The summed E-state index contributed by atoms with van der Waals surface area (Å²) >= 11 is 0. The minimum Gasteiger partial charge on any atom is -0.364 e. The molecule has 6 nitrogen and oxygen atoms in total. The first-order chi connectivity index (χ1) is 12.5. The predicted octanol–water partition coefficient (Wildman–Crippen LogP) is 1.24. The fourth-order valence-corrected chi connectivity index (χ4v) is 4.94. The third kappa shape index (κ3) is 2.55. The van der Waals surface area contributed by atoms with E-state index in [0.29, 0.717) is 19.5 Å². The minimum atomic E-state index is -0.719. The highest BCUT2D eigenvalue weighted by atomic mass is 16.5. The van der Waals surface area contributed by atoms with E-state index in [2.05, 4.69) is 0 Å². The summed E-state index contributed by atoms with van der Waals surface area (Å²) in [5.74, 6) is 0.0239. The Kier molecular flexibility index (Phi) is 4.28. The third-order valence-electron chi connectivity index (χ3n) is 6.54. The summed E-state index contributed by atoms with van der Waals surface area (Å²) in [4.78, 5) is 29.1. The van der Waals surface area contributed by atoms with Gasteiger partial charge in [0.1, 0.15) is 12.7 Å². The summed E-state index contributed by atoms with van der Waals surface area (Å²) < 4.78 is 5.97. The van der Waals surface area contributed by atoms with Gasteiger partial charge in [-0.05, 0) is 24.8 Å². The van der Waals surface area contributed by atoms with Crippen molar-refractivity contribution in [2.75, 3.05) is 26.7 Å². The number of nitrogens with zero attached hydrogens (tertiary/aromatic N) is 2. The minimum absolute atomic E-state index is 0.0176. The maximum absolute atomic E-state index is 13.0. The number of ether oxygens (including phenoxy) is 1. The van der Waals surface area contributed by atoms with Gasteiger partial charge in [-0.25, -0.2) is 0 Å². The van der Waals surface area contributed by atoms with Gasteiger partial charge in [-0.2, -0.15) is 0 Å². The molecule has 2 amide bonds. The van der Waals surface area contributed by atoms with Crippen LogP contribution in [0.25, 0.3) is 0 Å². The highest BCUT2D eigenvalue weighted by Gasteiger charge is 2.54. The highest BCUT2D eigenvalue weighted by molar-refractivity contribution is 5.87. The Morgan fingerprint density at radius 2 is 1.88 bits per heavy atom. The van der Waals surface area contributed by atoms with Crippen LogP contribution >= 0.6 is 0 Å². The van der Waals surface area contributed by atoms with E-state index in [-0.39, 0.29) is 24.5 Å². The van der Waals surface area contributed by atoms with Crippen LogP contribution in [-0.2, 0) is 19.9 Å². The zero-order valence-electron chi connectivity index (χ0n) is 15.3. The Morgan fingerprint density at radius 3 is 2.58 bits per heavy atom. The van der Waals surface area contributed by atoms with Crippen LogP contribution in [-0.4, -0.2) is 60.0 Å². The topological polar surface area (TPSA) is 75.9 Å². The van der Waals surface area contributed by atoms with Crippen LogP contribution in [0.2, 0.25) is 0 Å². The van der Waals surface area contributed by atoms with Gasteiger partial charge in [0.2, 0.25) is 11.8 Å². The van der Waals surface area contributed by atoms with Crippen LogP contribution < -0.4 is 5.73 Å². The van der Waals surface area contributed by atoms with E-state index in [1.807, 2.05) is 47.2 Å². The summed E-state index contributed by atoms with van der Waals surface area (Å²) in [6, 6.07) is 10.0. The molecule has 2 atom stereocenters. The standard InChI is InChI=1S/C20H27N3O3/c1-22-17(24)14-26-16-13-23(18(25)19(21)9-5-6-10-19)12-11-20(16,22)15-7-3-2-4-8-15/h2-4,7-8,16H,5-6,9-14,21H2,1H3/t16-,20+/m1/s1. The van der Waals surface area contributed by atoms with Crippen molar-refractivity contribution in [2.45, 2.75) is 49.3 Å². The molecule has 2 aliphatic heterocycles. The number of hydrogen-bond acceptors (Lipinski definition) is 4. The number of hydrogen-bond donors (Lipinski definition) is 1. The first kappa shape index (κ1) is 17.5. The molecule has 2 saturated heterocycles. The average molecular weight is 357 g/mol. The van der Waals surface area contributed by atoms with Crippen molar-refractivity contribution in [1.82, 2.24) is 9.80 Å². The van der Waals surface area contributed by atoms with Gasteiger partial charge >= 0.3 is 0 Å². The molecule has 0 radical (unpaired) electrons. The van der Waals surface area contributed by atoms with Gasteiger partial charge in [0.25, 0.3) is 0 Å². The van der Waals surface area contributed by atoms with E-state index in [4.69, 9.17) is 10.5 Å². The summed E-state index contributed by atoms with van der Waals surface area (Å²) in [5, 5.41) is 0. The molecule has 0 unspecified atom stereocenters. The number of likely N-dealkylation sites (tertiary alicyclic amines) is 1. The van der Waals surface area contributed by atoms with Crippen molar-refractivity contribution in [3.63, 3.8) is 0 Å². The second-order valence-electron chi connectivity index (χ2n) is 7.91. The number of morpholine rings is 1. The van der Waals surface area contributed by atoms with Crippen LogP contribution in [0, 0.1) is 0 Å². The molecule has 1 aliphatic carbocycles. The summed E-state index contributed by atoms with van der Waals surface area (Å²) in [7, 11) is 1.85. The number of piperidine rings is 1. The van der Waals surface area contributed by atoms with Crippen LogP contribution in [0.4, 0.5) is 0 Å². The number of rotatable bonds is 2. The molecule has 2 heterocycles. The van der Waals surface area contributed by atoms with Gasteiger partial charge < -0.3 is 20.3 Å². The van der Waals surface area contributed by atoms with E-state index in [1.165, 1.54) is 0 Å². The van der Waals surface area contributed by atoms with E-state index >= 15 is 0 Å². The number of fused-ring (bicyclic) bond motifs is 1. The van der Waals surface area contributed by atoms with E-state index in [9.17, 15) is 9.59 Å². The molecule has 6 heteroatoms. The van der Waals surface area contributed by atoms with Crippen molar-refractivity contribution in [3.8, 4) is 0 Å². The van der Waals surface area contributed by atoms with Gasteiger partial charge in [-0.15, -0.1) is 0 Å². The fraction of sp³-hybridized carbons (Fsp3) is 0.600. The lowest BCUT2D eigenvalue weighted by molar-refractivity contribution is -0.185. The Labute approximate surface area is 154 Å². The van der Waals surface area contributed by atoms with Gasteiger partial charge in [0, 0.05) is 20.1 Å². The molecule has 0 spiro atoms. The van der Waals surface area contributed by atoms with Gasteiger partial charge in [-0.3, -0.25) is 9.59 Å². The van der Waals surface area contributed by atoms with E-state index in [0.717, 1.165) is 31.2 Å². The Balaban J connectivity index is 1.64. The van der Waals surface area contributed by atoms with Crippen LogP contribution in [0.5, 0.6) is 0 Å². The molecule has 3 fully saturated rings. The first-order valence-corrected chi connectivity index (χ1v) is 9.49. The molecule has 26 heavy (non-hydrogen) atoms. The second-order valence-corrected chi connectivity index (χ2v) is 7.91. The number of carbonyl (C=O) groups excluding carboxylic acids is 2. The predicted molar refractivity (Wildman–Crippen MR) is 97.2 cm³/mol. The summed E-state index contributed by atoms with van der Waals surface area (Å²) in [6.45, 7) is 1.13. The van der Waals surface area contributed by atoms with Crippen LogP contribution in [0.1, 0.15) is 37.7 Å². The average Bonchev–Trinajstić information content (AvgIpc) is 3.12. The lowest BCUT2D eigenvalue weighted by Crippen LogP contribution is -2.69. The Hall–Kier alpha value is -1.92. The monoisotopic (exact) mass is 357 g/mol. The zero-order valence-corrected chi connectivity index (χ0v) is 15.3. The molecule has 1 aromatic carbocycles. The van der Waals surface area contributed by atoms with Crippen molar-refractivity contribution < 1.29 is 14.3 Å². The second kappa shape index (κ2) is 6.35. The molecule has 4 rings (SSSR count). The largest absolute Gasteiger partial charge is 0.364 e. The number of nitrogens with two attached hydrogens (primary N) is 1. The fourth-order valence-electron chi connectivity index (χ4n) is 4.94. The van der Waals surface area contributed by atoms with Crippen LogP contribution in [0.15, 0.2) is 30.3 Å². The van der Waals surface area contributed by atoms with Gasteiger partial charge in [-0.1, -0.05) is 43.2 Å². The molecular weight excluding hydrogens is 330 g/mol. The maximum Gasteiger partial charge on any atom is 0.249 e. The molecule has 3 aliphatic rings. The Bertz CT molecular complexity index is 702. The van der Waals surface area contributed by atoms with Crippen molar-refractivity contribution in [1.29, 1.82) is 0 Å². The molecule has 140 valence electrons. The number of benzene rings is 1. The SMILES string of the molecule is CN1C(=O)CO[C@@H]2CN(C(=O)C3(N)CCCC3)CC[C@]21c1ccccc1. The smallest absolute Gasteiger partial charge is 0.249 e. The lowest BCUT2D eigenvalue weighted by Gasteiger charge is -2.55. The molecule has 1 saturated carbocycles. The summed E-state index contributed by atoms with van der Waals surface area (Å²) in [5.41, 5.74) is 6.22. The van der Waals surface area contributed by atoms with Crippen molar-refractivity contribution in [3.05, 3.63) is 35.9 Å². The van der Waals surface area contributed by atoms with E-state index in [1.54, 1.807) is 0 Å². The number of carbonyl (C=O) groups is 2. The lowest BCUT2D eigenvalue weighted by atomic mass is 9.76. The van der Waals surface area contributed by atoms with E-state index < -0.39 is 11.1 Å². The molecule has 0 aromatic heterocycles. The quantitative estimate of drug-likeness (QED) is 0.864.